The minimum Gasteiger partial charge on any atom is -0.477 e. The van der Waals surface area contributed by atoms with Gasteiger partial charge in [-0.25, -0.2) is 4.79 Å². The van der Waals surface area contributed by atoms with Gasteiger partial charge in [-0.15, -0.1) is 0 Å². The van der Waals surface area contributed by atoms with Gasteiger partial charge in [0.1, 0.15) is 5.56 Å². The quantitative estimate of drug-likeness (QED) is 0.646. The molecule has 0 spiro atoms. The van der Waals surface area contributed by atoms with Gasteiger partial charge in [0.25, 0.3) is 0 Å². The topological polar surface area (TPSA) is 85.4 Å². The van der Waals surface area contributed by atoms with E-state index in [1.165, 1.54) is 5.56 Å². The van der Waals surface area contributed by atoms with Gasteiger partial charge in [0.05, 0.1) is 38.2 Å². The van der Waals surface area contributed by atoms with Gasteiger partial charge in [-0.3, -0.25) is 9.36 Å². The highest BCUT2D eigenvalue weighted by Crippen LogP contribution is 2.25. The largest absolute Gasteiger partial charge is 0.477 e. The molecule has 1 aliphatic heterocycles. The molecule has 1 fully saturated rings. The van der Waals surface area contributed by atoms with Crippen LogP contribution in [0.3, 0.4) is 0 Å². The molecule has 1 N–H and O–H groups in total. The number of aryl methyl sites for hydroxylation is 1. The summed E-state index contributed by atoms with van der Waals surface area (Å²) >= 11 is 0. The Morgan fingerprint density at radius 2 is 1.80 bits per heavy atom. The number of hydrogen-bond acceptors (Lipinski definition) is 5. The summed E-state index contributed by atoms with van der Waals surface area (Å²) in [5.74, 6) is -0.377. The third-order valence-electron chi connectivity index (χ3n) is 5.36. The fourth-order valence-electron chi connectivity index (χ4n) is 3.85. The number of morpholine rings is 1. The van der Waals surface area contributed by atoms with Gasteiger partial charge < -0.3 is 14.7 Å². The minimum atomic E-state index is -0.926. The van der Waals surface area contributed by atoms with E-state index in [4.69, 9.17) is 9.84 Å². The number of nitrogens with zero attached hydrogens (tertiary/aromatic N) is 5. The Balaban J connectivity index is 1.56. The predicted octanol–water partition coefficient (Wildman–Crippen LogP) is 2.58. The van der Waals surface area contributed by atoms with E-state index in [1.54, 1.807) is 0 Å². The van der Waals surface area contributed by atoms with Crippen LogP contribution < -0.4 is 4.90 Å². The molecule has 0 aliphatic carbocycles. The molecule has 158 valence electrons. The van der Waals surface area contributed by atoms with E-state index in [2.05, 4.69) is 29.4 Å². The Morgan fingerprint density at radius 1 is 1.13 bits per heavy atom. The normalized spacial score (nSPS) is 14.3. The van der Waals surface area contributed by atoms with Gasteiger partial charge in [0.15, 0.2) is 5.82 Å². The first-order chi connectivity index (χ1) is 14.5. The van der Waals surface area contributed by atoms with Crippen molar-refractivity contribution >= 4 is 11.8 Å². The number of benzene rings is 1. The number of anilines is 1. The van der Waals surface area contributed by atoms with Crippen molar-refractivity contribution in [2.75, 3.05) is 31.2 Å². The van der Waals surface area contributed by atoms with Gasteiger partial charge in [-0.1, -0.05) is 31.2 Å². The summed E-state index contributed by atoms with van der Waals surface area (Å²) in [5, 5.41) is 18.9. The molecule has 3 heterocycles. The second-order valence-electron chi connectivity index (χ2n) is 7.59. The standard InChI is InChI=1S/C22H27N5O3/c1-3-19-20(22(28)29)21(25-8-10-30-11-9-25)24-27(19)15-18-6-4-17(5-7-18)14-26-13-16(2)12-23-26/h4-7,12-13H,3,8-11,14-15H2,1-2H3,(H,28,29). The zero-order valence-electron chi connectivity index (χ0n) is 17.4. The van der Waals surface area contributed by atoms with Gasteiger partial charge in [-0.05, 0) is 30.0 Å². The monoisotopic (exact) mass is 409 g/mol. The highest BCUT2D eigenvalue weighted by molar-refractivity contribution is 5.95. The summed E-state index contributed by atoms with van der Waals surface area (Å²) in [7, 11) is 0. The van der Waals surface area contributed by atoms with Gasteiger partial charge in [0.2, 0.25) is 0 Å². The molecule has 8 nitrogen and oxygen atoms in total. The second-order valence-corrected chi connectivity index (χ2v) is 7.59. The molecule has 8 heteroatoms. The van der Waals surface area contributed by atoms with Gasteiger partial charge in [0, 0.05) is 19.3 Å². The summed E-state index contributed by atoms with van der Waals surface area (Å²) in [6, 6.07) is 8.31. The third-order valence-corrected chi connectivity index (χ3v) is 5.36. The molecule has 0 unspecified atom stereocenters. The molecule has 1 saturated heterocycles. The molecule has 0 atom stereocenters. The number of rotatable bonds is 7. The van der Waals surface area contributed by atoms with E-state index in [0.29, 0.717) is 50.7 Å². The highest BCUT2D eigenvalue weighted by Gasteiger charge is 2.27. The first-order valence-corrected chi connectivity index (χ1v) is 10.3. The number of carboxylic acids is 1. The summed E-state index contributed by atoms with van der Waals surface area (Å²) in [5.41, 5.74) is 4.45. The van der Waals surface area contributed by atoms with E-state index >= 15 is 0 Å². The Bertz CT molecular complexity index is 1020. The van der Waals surface area contributed by atoms with Crippen LogP contribution in [-0.4, -0.2) is 56.9 Å². The molecule has 30 heavy (non-hydrogen) atoms. The van der Waals surface area contributed by atoms with Crippen molar-refractivity contribution in [3.05, 3.63) is 64.6 Å². The molecule has 0 radical (unpaired) electrons. The van der Waals surface area contributed by atoms with Gasteiger partial charge >= 0.3 is 5.97 Å². The lowest BCUT2D eigenvalue weighted by atomic mass is 10.1. The maximum atomic E-state index is 12.0. The van der Waals surface area contributed by atoms with Gasteiger partial charge in [-0.2, -0.15) is 10.2 Å². The van der Waals surface area contributed by atoms with Crippen molar-refractivity contribution in [3.8, 4) is 0 Å². The van der Waals surface area contributed by atoms with Crippen molar-refractivity contribution in [2.45, 2.75) is 33.4 Å². The van der Waals surface area contributed by atoms with Crippen LogP contribution in [0.25, 0.3) is 0 Å². The summed E-state index contributed by atoms with van der Waals surface area (Å²) in [6.07, 6.45) is 4.48. The zero-order valence-corrected chi connectivity index (χ0v) is 17.4. The van der Waals surface area contributed by atoms with Crippen molar-refractivity contribution in [1.82, 2.24) is 19.6 Å². The average molecular weight is 409 g/mol. The van der Waals surface area contributed by atoms with Crippen molar-refractivity contribution in [2.24, 2.45) is 0 Å². The molecule has 0 bridgehead atoms. The second kappa shape index (κ2) is 8.71. The van der Waals surface area contributed by atoms with Crippen LogP contribution in [0.1, 0.15) is 39.7 Å². The highest BCUT2D eigenvalue weighted by atomic mass is 16.5. The van der Waals surface area contributed by atoms with Crippen LogP contribution in [0.2, 0.25) is 0 Å². The number of carbonyl (C=O) groups is 1. The van der Waals surface area contributed by atoms with Crippen molar-refractivity contribution < 1.29 is 14.6 Å². The Kier molecular flexibility index (Phi) is 5.85. The molecule has 1 aliphatic rings. The fourth-order valence-corrected chi connectivity index (χ4v) is 3.85. The van der Waals surface area contributed by atoms with Crippen LogP contribution >= 0.6 is 0 Å². The van der Waals surface area contributed by atoms with Crippen LogP contribution in [-0.2, 0) is 24.2 Å². The van der Waals surface area contributed by atoms with Crippen LogP contribution in [0.4, 0.5) is 5.82 Å². The van der Waals surface area contributed by atoms with Crippen LogP contribution in [0.15, 0.2) is 36.7 Å². The van der Waals surface area contributed by atoms with E-state index < -0.39 is 5.97 Å². The number of ether oxygens (including phenoxy) is 1. The van der Waals surface area contributed by atoms with Crippen LogP contribution in [0, 0.1) is 6.92 Å². The molecule has 1 aromatic carbocycles. The summed E-state index contributed by atoms with van der Waals surface area (Å²) in [6.45, 7) is 7.74. The molecular formula is C22H27N5O3. The summed E-state index contributed by atoms with van der Waals surface area (Å²) in [4.78, 5) is 14.0. The third kappa shape index (κ3) is 4.23. The molecule has 0 saturated carbocycles. The zero-order chi connectivity index (χ0) is 21.1. The Labute approximate surface area is 175 Å². The van der Waals surface area contributed by atoms with E-state index in [0.717, 1.165) is 23.4 Å². The Hall–Kier alpha value is -3.13. The maximum absolute atomic E-state index is 12.0. The van der Waals surface area contributed by atoms with Crippen LogP contribution in [0.5, 0.6) is 0 Å². The Morgan fingerprint density at radius 3 is 2.37 bits per heavy atom. The predicted molar refractivity (Wildman–Crippen MR) is 113 cm³/mol. The average Bonchev–Trinajstić information content (AvgIpc) is 3.33. The maximum Gasteiger partial charge on any atom is 0.341 e. The number of aromatic nitrogens is 4. The first-order valence-electron chi connectivity index (χ1n) is 10.3. The number of carboxylic acid groups (broad SMARTS) is 1. The van der Waals surface area contributed by atoms with Crippen molar-refractivity contribution in [1.29, 1.82) is 0 Å². The first kappa shape index (κ1) is 20.2. The van der Waals surface area contributed by atoms with Crippen molar-refractivity contribution in [3.63, 3.8) is 0 Å². The molecule has 0 amide bonds. The lowest BCUT2D eigenvalue weighted by Gasteiger charge is -2.27. The van der Waals surface area contributed by atoms with E-state index in [1.807, 2.05) is 40.5 Å². The smallest absolute Gasteiger partial charge is 0.341 e. The molecular weight excluding hydrogens is 382 g/mol. The van der Waals surface area contributed by atoms with E-state index in [9.17, 15) is 9.90 Å². The van der Waals surface area contributed by atoms with E-state index in [-0.39, 0.29) is 0 Å². The lowest BCUT2D eigenvalue weighted by molar-refractivity contribution is 0.0695. The molecule has 4 rings (SSSR count). The summed E-state index contributed by atoms with van der Waals surface area (Å²) < 4.78 is 9.16. The number of hydrogen-bond donors (Lipinski definition) is 1. The fraction of sp³-hybridized carbons (Fsp3) is 0.409. The molecule has 3 aromatic rings. The SMILES string of the molecule is CCc1c(C(=O)O)c(N2CCOCC2)nn1Cc1ccc(Cn2cc(C)cn2)cc1. The minimum absolute atomic E-state index is 0.310. The number of aromatic carboxylic acids is 1. The lowest BCUT2D eigenvalue weighted by Crippen LogP contribution is -2.37. The molecule has 2 aromatic heterocycles.